The Bertz CT molecular complexity index is 269. The minimum absolute atomic E-state index is 0.286. The number of thiol groups is 1. The molecule has 0 bridgehead atoms. The topological polar surface area (TPSA) is 43.4 Å². The largest absolute Gasteiger partial charge is 0.272 e. The average Bonchev–Trinajstić information content (AvgIpc) is 2.49. The molecule has 1 rings (SSSR count). The third kappa shape index (κ3) is 3.85. The zero-order valence-electron chi connectivity index (χ0n) is 6.43. The molecule has 0 aromatic carbocycles. The fourth-order valence-electron chi connectivity index (χ4n) is 0.850. The van der Waals surface area contributed by atoms with Crippen LogP contribution in [0.25, 0.3) is 0 Å². The van der Waals surface area contributed by atoms with E-state index in [9.17, 15) is 8.42 Å². The van der Waals surface area contributed by atoms with E-state index in [-0.39, 0.29) is 6.61 Å². The Balaban J connectivity index is 2.11. The third-order valence-corrected chi connectivity index (χ3v) is 2.51. The first-order valence-corrected chi connectivity index (χ1v) is 5.61. The third-order valence-electron chi connectivity index (χ3n) is 1.39. The van der Waals surface area contributed by atoms with Crippen LogP contribution in [0.3, 0.4) is 0 Å². The molecular weight excluding hydrogens is 196 g/mol. The van der Waals surface area contributed by atoms with E-state index >= 15 is 0 Å². The molecule has 0 aliphatic rings. The van der Waals surface area contributed by atoms with E-state index in [0.717, 1.165) is 12.8 Å². The van der Waals surface area contributed by atoms with Crippen LogP contribution in [0.1, 0.15) is 12.0 Å². The van der Waals surface area contributed by atoms with Gasteiger partial charge in [-0.25, -0.2) is 8.42 Å². The van der Waals surface area contributed by atoms with Crippen molar-refractivity contribution in [3.63, 3.8) is 0 Å². The average molecular weight is 206 g/mol. The number of aryl methyl sites for hydroxylation is 1. The van der Waals surface area contributed by atoms with Crippen molar-refractivity contribution in [2.24, 2.45) is 0 Å². The van der Waals surface area contributed by atoms with E-state index in [1.165, 1.54) is 5.56 Å². The maximum absolute atomic E-state index is 9.98. The molecule has 1 heterocycles. The van der Waals surface area contributed by atoms with Gasteiger partial charge in [-0.1, -0.05) is 0 Å². The SMILES string of the molecule is O=[SH](=O)OCCCc1ccsc1. The second kappa shape index (κ2) is 5.29. The Morgan fingerprint density at radius 3 is 2.92 bits per heavy atom. The van der Waals surface area contributed by atoms with Gasteiger partial charge in [0.2, 0.25) is 0 Å². The predicted molar refractivity (Wildman–Crippen MR) is 48.9 cm³/mol. The molecule has 0 spiro atoms. The number of rotatable bonds is 5. The highest BCUT2D eigenvalue weighted by molar-refractivity contribution is 7.67. The first-order valence-electron chi connectivity index (χ1n) is 3.57. The van der Waals surface area contributed by atoms with Crippen molar-refractivity contribution >= 4 is 22.3 Å². The second-order valence-corrected chi connectivity index (χ2v) is 3.78. The van der Waals surface area contributed by atoms with E-state index in [2.05, 4.69) is 9.56 Å². The van der Waals surface area contributed by atoms with E-state index in [4.69, 9.17) is 0 Å². The van der Waals surface area contributed by atoms with Gasteiger partial charge in [0.05, 0.1) is 6.61 Å². The summed E-state index contributed by atoms with van der Waals surface area (Å²) in [6.07, 6.45) is 1.63. The van der Waals surface area contributed by atoms with Crippen molar-refractivity contribution in [3.05, 3.63) is 22.4 Å². The molecule has 12 heavy (non-hydrogen) atoms. The molecule has 1 aromatic rings. The lowest BCUT2D eigenvalue weighted by Crippen LogP contribution is -1.93. The quantitative estimate of drug-likeness (QED) is 0.582. The predicted octanol–water partition coefficient (Wildman–Crippen LogP) is 1.22. The zero-order valence-corrected chi connectivity index (χ0v) is 8.14. The first kappa shape index (κ1) is 9.70. The highest BCUT2D eigenvalue weighted by Crippen LogP contribution is 2.07. The zero-order chi connectivity index (χ0) is 8.81. The van der Waals surface area contributed by atoms with Gasteiger partial charge in [-0.15, -0.1) is 0 Å². The van der Waals surface area contributed by atoms with Gasteiger partial charge in [-0.2, -0.15) is 11.3 Å². The molecule has 0 atom stereocenters. The lowest BCUT2D eigenvalue weighted by molar-refractivity contribution is 0.326. The number of hydrogen-bond acceptors (Lipinski definition) is 4. The fraction of sp³-hybridized carbons (Fsp3) is 0.429. The summed E-state index contributed by atoms with van der Waals surface area (Å²) < 4.78 is 24.4. The van der Waals surface area contributed by atoms with Crippen molar-refractivity contribution in [1.29, 1.82) is 0 Å². The summed E-state index contributed by atoms with van der Waals surface area (Å²) in [5, 5.41) is 4.06. The lowest BCUT2D eigenvalue weighted by atomic mass is 10.2. The van der Waals surface area contributed by atoms with Crippen molar-refractivity contribution < 1.29 is 12.6 Å². The maximum Gasteiger partial charge on any atom is 0.257 e. The molecule has 0 amide bonds. The standard InChI is InChI=1S/C7H10O3S2/c8-12(9)10-4-1-2-7-3-5-11-6-7/h3,5-6,12H,1-2,4H2. The van der Waals surface area contributed by atoms with Gasteiger partial charge >= 0.3 is 0 Å². The molecule has 0 aliphatic carbocycles. The van der Waals surface area contributed by atoms with E-state index < -0.39 is 11.0 Å². The molecule has 0 radical (unpaired) electrons. The van der Waals surface area contributed by atoms with Gasteiger partial charge in [-0.3, -0.25) is 4.18 Å². The minimum Gasteiger partial charge on any atom is -0.272 e. The van der Waals surface area contributed by atoms with Crippen LogP contribution in [0.5, 0.6) is 0 Å². The molecule has 0 fully saturated rings. The maximum atomic E-state index is 9.98. The molecule has 3 nitrogen and oxygen atoms in total. The van der Waals surface area contributed by atoms with Crippen LogP contribution < -0.4 is 0 Å². The number of thiophene rings is 1. The first-order chi connectivity index (χ1) is 5.79. The van der Waals surface area contributed by atoms with Crippen LogP contribution in [0.4, 0.5) is 0 Å². The Morgan fingerprint density at radius 1 is 1.50 bits per heavy atom. The highest BCUT2D eigenvalue weighted by atomic mass is 32.2. The summed E-state index contributed by atoms with van der Waals surface area (Å²) in [4.78, 5) is 0. The summed E-state index contributed by atoms with van der Waals surface area (Å²) in [7, 11) is -2.67. The Morgan fingerprint density at radius 2 is 2.33 bits per heavy atom. The van der Waals surface area contributed by atoms with Crippen molar-refractivity contribution in [2.45, 2.75) is 12.8 Å². The molecule has 5 heteroatoms. The van der Waals surface area contributed by atoms with Crippen LogP contribution in [0.2, 0.25) is 0 Å². The molecule has 0 aliphatic heterocycles. The minimum atomic E-state index is -2.67. The molecule has 0 N–H and O–H groups in total. The fourth-order valence-corrected chi connectivity index (χ4v) is 1.83. The molecular formula is C7H10O3S2. The lowest BCUT2D eigenvalue weighted by Gasteiger charge is -1.94. The van der Waals surface area contributed by atoms with E-state index in [1.807, 2.05) is 11.4 Å². The normalized spacial score (nSPS) is 10.8. The van der Waals surface area contributed by atoms with Crippen LogP contribution in [-0.4, -0.2) is 15.0 Å². The van der Waals surface area contributed by atoms with Gasteiger partial charge in [0.25, 0.3) is 11.0 Å². The summed E-state index contributed by atoms with van der Waals surface area (Å²) >= 11 is 1.64. The Labute approximate surface area is 77.1 Å². The van der Waals surface area contributed by atoms with Crippen LogP contribution in [0.15, 0.2) is 16.8 Å². The molecule has 0 saturated carbocycles. The van der Waals surface area contributed by atoms with Gasteiger partial charge in [0, 0.05) is 0 Å². The molecule has 0 saturated heterocycles. The molecule has 0 unspecified atom stereocenters. The Kier molecular flexibility index (Phi) is 4.27. The number of hydrogen-bond donors (Lipinski definition) is 1. The van der Waals surface area contributed by atoms with E-state index in [1.54, 1.807) is 11.3 Å². The molecule has 68 valence electrons. The monoisotopic (exact) mass is 206 g/mol. The van der Waals surface area contributed by atoms with Crippen LogP contribution in [-0.2, 0) is 21.6 Å². The van der Waals surface area contributed by atoms with Gasteiger partial charge in [0.1, 0.15) is 0 Å². The van der Waals surface area contributed by atoms with Crippen LogP contribution in [0, 0.1) is 0 Å². The summed E-state index contributed by atoms with van der Waals surface area (Å²) in [5.41, 5.74) is 1.24. The van der Waals surface area contributed by atoms with Crippen molar-refractivity contribution in [2.75, 3.05) is 6.61 Å². The second-order valence-electron chi connectivity index (χ2n) is 2.29. The summed E-state index contributed by atoms with van der Waals surface area (Å²) in [6.45, 7) is 0.286. The smallest absolute Gasteiger partial charge is 0.257 e. The highest BCUT2D eigenvalue weighted by Gasteiger charge is 1.93. The van der Waals surface area contributed by atoms with E-state index in [0.29, 0.717) is 0 Å². The van der Waals surface area contributed by atoms with Crippen molar-refractivity contribution in [1.82, 2.24) is 0 Å². The van der Waals surface area contributed by atoms with Crippen LogP contribution >= 0.6 is 11.3 Å². The summed E-state index contributed by atoms with van der Waals surface area (Å²) in [5.74, 6) is 0. The summed E-state index contributed by atoms with van der Waals surface area (Å²) in [6, 6.07) is 2.03. The van der Waals surface area contributed by atoms with Gasteiger partial charge in [-0.05, 0) is 35.2 Å². The van der Waals surface area contributed by atoms with Gasteiger partial charge < -0.3 is 0 Å². The van der Waals surface area contributed by atoms with Gasteiger partial charge in [0.15, 0.2) is 0 Å². The molecule has 1 aromatic heterocycles. The van der Waals surface area contributed by atoms with Crippen molar-refractivity contribution in [3.8, 4) is 0 Å². The Hall–Kier alpha value is -0.390.